The molecule has 3 aliphatic rings. The van der Waals surface area contributed by atoms with Crippen molar-refractivity contribution < 1.29 is 24.2 Å². The van der Waals surface area contributed by atoms with Crippen LogP contribution in [-0.2, 0) is 16.1 Å². The first-order chi connectivity index (χ1) is 14.4. The molecule has 2 saturated heterocycles. The first-order valence-electron chi connectivity index (χ1n) is 11.4. The molecule has 7 heteroatoms. The average molecular weight is 415 g/mol. The molecular weight excluding hydrogens is 380 g/mol. The summed E-state index contributed by atoms with van der Waals surface area (Å²) < 4.78 is 0. The van der Waals surface area contributed by atoms with E-state index in [0.717, 1.165) is 58.4 Å². The fourth-order valence-corrected chi connectivity index (χ4v) is 5.26. The fraction of sp³-hybridized carbons (Fsp3) is 0.609. The molecule has 0 unspecified atom stereocenters. The van der Waals surface area contributed by atoms with Crippen LogP contribution in [0.2, 0.25) is 0 Å². The summed E-state index contributed by atoms with van der Waals surface area (Å²) >= 11 is 0. The highest BCUT2D eigenvalue weighted by Crippen LogP contribution is 2.30. The molecule has 0 radical (unpaired) electrons. The Kier molecular flexibility index (Phi) is 6.20. The molecule has 2 N–H and O–H groups in total. The van der Waals surface area contributed by atoms with Crippen molar-refractivity contribution in [3.05, 3.63) is 35.4 Å². The Morgan fingerprint density at radius 1 is 0.967 bits per heavy atom. The lowest BCUT2D eigenvalue weighted by molar-refractivity contribution is -1.02. The summed E-state index contributed by atoms with van der Waals surface area (Å²) in [4.78, 5) is 43.3. The van der Waals surface area contributed by atoms with Crippen LogP contribution in [0.4, 0.5) is 4.79 Å². The molecule has 1 aromatic carbocycles. The molecule has 2 atom stereocenters. The van der Waals surface area contributed by atoms with E-state index >= 15 is 0 Å². The van der Waals surface area contributed by atoms with Crippen LogP contribution in [0.5, 0.6) is 0 Å². The normalized spacial score (nSPS) is 30.3. The van der Waals surface area contributed by atoms with Crippen LogP contribution >= 0.6 is 0 Å². The lowest BCUT2D eigenvalue weighted by atomic mass is 9.85. The average Bonchev–Trinajstić information content (AvgIpc) is 2.93. The van der Waals surface area contributed by atoms with E-state index in [1.807, 2.05) is 0 Å². The van der Waals surface area contributed by atoms with Crippen LogP contribution in [0, 0.1) is 12.8 Å². The van der Waals surface area contributed by atoms with Gasteiger partial charge in [-0.2, -0.15) is 0 Å². The third-order valence-electron chi connectivity index (χ3n) is 7.06. The third-order valence-corrected chi connectivity index (χ3v) is 7.06. The Hall–Kier alpha value is -2.25. The minimum Gasteiger partial charge on any atom is -0.322 e. The van der Waals surface area contributed by atoms with Crippen LogP contribution in [0.25, 0.3) is 0 Å². The zero-order chi connectivity index (χ0) is 21.3. The van der Waals surface area contributed by atoms with Crippen molar-refractivity contribution in [2.45, 2.75) is 52.1 Å². The Balaban J connectivity index is 1.33. The number of hydrogen-bond acceptors (Lipinski definition) is 3. The smallest absolute Gasteiger partial charge is 0.322 e. The lowest BCUT2D eigenvalue weighted by Gasteiger charge is -2.34. The first-order valence-corrected chi connectivity index (χ1v) is 11.4. The number of amides is 4. The first kappa shape index (κ1) is 21.0. The van der Waals surface area contributed by atoms with Gasteiger partial charge in [-0.25, -0.2) is 9.69 Å². The molecule has 30 heavy (non-hydrogen) atoms. The van der Waals surface area contributed by atoms with Gasteiger partial charge in [-0.15, -0.1) is 0 Å². The van der Waals surface area contributed by atoms with Gasteiger partial charge in [0.25, 0.3) is 0 Å². The van der Waals surface area contributed by atoms with Crippen LogP contribution < -0.4 is 9.80 Å². The van der Waals surface area contributed by atoms with Gasteiger partial charge in [0.2, 0.25) is 0 Å². The molecule has 0 bridgehead atoms. The number of nitrogens with one attached hydrogen (secondary N) is 2. The summed E-state index contributed by atoms with van der Waals surface area (Å²) in [5, 5.41) is 0. The molecule has 4 rings (SSSR count). The van der Waals surface area contributed by atoms with Crippen LogP contribution in [0.1, 0.15) is 43.7 Å². The second-order valence-electron chi connectivity index (χ2n) is 9.34. The summed E-state index contributed by atoms with van der Waals surface area (Å²) in [5.41, 5.74) is 2.63. The lowest BCUT2D eigenvalue weighted by Crippen LogP contribution is -3.28. The zero-order valence-corrected chi connectivity index (χ0v) is 18.2. The van der Waals surface area contributed by atoms with Crippen LogP contribution in [0.3, 0.4) is 0 Å². The quantitative estimate of drug-likeness (QED) is 0.509. The van der Waals surface area contributed by atoms with Gasteiger partial charge in [-0.3, -0.25) is 14.5 Å². The van der Waals surface area contributed by atoms with Gasteiger partial charge < -0.3 is 9.80 Å². The standard InChI is InChI=1S/C23H32N4O3/c1-17-6-5-8-19(14-17)15-24-10-12-25(13-11-24)16-26-21(28)22(29)27(23(26)30)20-9-4-3-7-18(20)2/h5-6,8,14,18,20H,3-4,7,9-13,15-16H2,1-2H3/p+2/t18-,20-/m1/s1. The molecule has 1 aromatic rings. The topological polar surface area (TPSA) is 66.6 Å². The number of piperazine rings is 1. The number of aryl methyl sites for hydroxylation is 1. The number of carbonyl (C=O) groups is 3. The monoisotopic (exact) mass is 414 g/mol. The summed E-state index contributed by atoms with van der Waals surface area (Å²) in [7, 11) is 0. The van der Waals surface area contributed by atoms with E-state index in [4.69, 9.17) is 0 Å². The van der Waals surface area contributed by atoms with E-state index in [1.54, 1.807) is 0 Å². The van der Waals surface area contributed by atoms with Crippen LogP contribution in [0.15, 0.2) is 24.3 Å². The van der Waals surface area contributed by atoms with Crippen molar-refractivity contribution >= 4 is 17.8 Å². The van der Waals surface area contributed by atoms with E-state index in [1.165, 1.54) is 30.7 Å². The van der Waals surface area contributed by atoms with E-state index in [-0.39, 0.29) is 12.0 Å². The van der Waals surface area contributed by atoms with Crippen molar-refractivity contribution in [2.75, 3.05) is 32.8 Å². The molecular formula is C23H34N4O3+2. The van der Waals surface area contributed by atoms with E-state index < -0.39 is 17.8 Å². The Labute approximate surface area is 178 Å². The summed E-state index contributed by atoms with van der Waals surface area (Å²) in [6, 6.07) is 8.10. The van der Waals surface area contributed by atoms with Crippen molar-refractivity contribution in [3.8, 4) is 0 Å². The molecule has 2 aliphatic heterocycles. The Bertz CT molecular complexity index is 818. The number of hydrogen-bond donors (Lipinski definition) is 2. The molecule has 0 spiro atoms. The summed E-state index contributed by atoms with van der Waals surface area (Å²) in [6.45, 7) is 9.29. The minimum absolute atomic E-state index is 0.127. The Morgan fingerprint density at radius 3 is 2.37 bits per heavy atom. The highest BCUT2D eigenvalue weighted by Gasteiger charge is 2.50. The van der Waals surface area contributed by atoms with Crippen molar-refractivity contribution in [3.63, 3.8) is 0 Å². The fourth-order valence-electron chi connectivity index (χ4n) is 5.26. The van der Waals surface area contributed by atoms with E-state index in [0.29, 0.717) is 6.67 Å². The highest BCUT2D eigenvalue weighted by molar-refractivity contribution is 6.44. The zero-order valence-electron chi connectivity index (χ0n) is 18.2. The predicted molar refractivity (Wildman–Crippen MR) is 112 cm³/mol. The minimum atomic E-state index is -0.639. The highest BCUT2D eigenvalue weighted by atomic mass is 16.2. The number of carbonyl (C=O) groups excluding carboxylic acids is 3. The van der Waals surface area contributed by atoms with Crippen LogP contribution in [-0.4, -0.2) is 66.5 Å². The molecule has 162 valence electrons. The van der Waals surface area contributed by atoms with Gasteiger partial charge in [0.1, 0.15) is 32.7 Å². The van der Waals surface area contributed by atoms with Crippen molar-refractivity contribution in [1.82, 2.24) is 9.80 Å². The van der Waals surface area contributed by atoms with Gasteiger partial charge >= 0.3 is 17.8 Å². The maximum absolute atomic E-state index is 13.0. The van der Waals surface area contributed by atoms with Gasteiger partial charge in [-0.05, 0) is 25.7 Å². The van der Waals surface area contributed by atoms with Crippen molar-refractivity contribution in [2.24, 2.45) is 5.92 Å². The molecule has 4 amide bonds. The maximum Gasteiger partial charge on any atom is 0.338 e. The third kappa shape index (κ3) is 4.27. The largest absolute Gasteiger partial charge is 0.338 e. The van der Waals surface area contributed by atoms with E-state index in [9.17, 15) is 14.4 Å². The Morgan fingerprint density at radius 2 is 1.67 bits per heavy atom. The second kappa shape index (κ2) is 8.86. The molecule has 0 aromatic heterocycles. The SMILES string of the molecule is Cc1cccc(C[NH+]2CC[NH+](CN3C(=O)C(=O)N([C@@H]4CCCC[C@H]4C)C3=O)CC2)c1. The molecule has 3 fully saturated rings. The molecule has 7 nitrogen and oxygen atoms in total. The van der Waals surface area contributed by atoms with Gasteiger partial charge in [0, 0.05) is 11.6 Å². The second-order valence-corrected chi connectivity index (χ2v) is 9.34. The number of nitrogens with zero attached hydrogens (tertiary/aromatic N) is 2. The summed E-state index contributed by atoms with van der Waals surface area (Å²) in [5.74, 6) is -0.998. The van der Waals surface area contributed by atoms with E-state index in [2.05, 4.69) is 38.1 Å². The molecule has 1 aliphatic carbocycles. The number of quaternary nitrogens is 2. The molecule has 2 heterocycles. The number of urea groups is 1. The van der Waals surface area contributed by atoms with Gasteiger partial charge in [0.05, 0.1) is 0 Å². The predicted octanol–water partition coefficient (Wildman–Crippen LogP) is -0.395. The maximum atomic E-state index is 13.0. The summed E-state index contributed by atoms with van der Waals surface area (Å²) in [6.07, 6.45) is 3.96. The number of rotatable bonds is 5. The van der Waals surface area contributed by atoms with Gasteiger partial charge in [0.15, 0.2) is 6.67 Å². The number of benzene rings is 1. The van der Waals surface area contributed by atoms with Crippen molar-refractivity contribution in [1.29, 1.82) is 0 Å². The number of imide groups is 2. The van der Waals surface area contributed by atoms with Gasteiger partial charge in [-0.1, -0.05) is 49.6 Å². The molecule has 1 saturated carbocycles.